The summed E-state index contributed by atoms with van der Waals surface area (Å²) in [5.41, 5.74) is 6.04. The number of hydrogen-bond donors (Lipinski definition) is 2. The third-order valence-electron chi connectivity index (χ3n) is 1.07. The molecule has 0 aliphatic rings. The minimum absolute atomic E-state index is 0.521. The Bertz CT molecular complexity index is 241. The van der Waals surface area contributed by atoms with E-state index in [-0.39, 0.29) is 0 Å². The van der Waals surface area contributed by atoms with Crippen LogP contribution in [0.25, 0.3) is 0 Å². The van der Waals surface area contributed by atoms with Gasteiger partial charge < -0.3 is 5.73 Å². The molecule has 1 rings (SSSR count). The molecule has 0 saturated carbocycles. The van der Waals surface area contributed by atoms with Crippen molar-refractivity contribution in [1.29, 1.82) is 0 Å². The van der Waals surface area contributed by atoms with Crippen molar-refractivity contribution in [3.05, 3.63) is 21.6 Å². The molecule has 0 spiro atoms. The standard InChI is InChI=1S/C6H5BrClNS/c7-3-1-4(8)6(9)5(10)2-3/h1-2,10H,9H2. The highest BCUT2D eigenvalue weighted by molar-refractivity contribution is 9.10. The molecule has 0 bridgehead atoms. The molecular formula is C6H5BrClNS. The van der Waals surface area contributed by atoms with Crippen LogP contribution in [0.1, 0.15) is 0 Å². The molecule has 0 aliphatic heterocycles. The lowest BCUT2D eigenvalue weighted by Crippen LogP contribution is -1.87. The number of benzene rings is 1. The molecule has 1 aromatic carbocycles. The zero-order chi connectivity index (χ0) is 7.72. The fraction of sp³-hybridized carbons (Fsp3) is 0. The van der Waals surface area contributed by atoms with Crippen LogP contribution in [0.4, 0.5) is 5.69 Å². The van der Waals surface area contributed by atoms with Gasteiger partial charge in [-0.15, -0.1) is 12.6 Å². The molecule has 54 valence electrons. The van der Waals surface area contributed by atoms with E-state index in [0.29, 0.717) is 15.6 Å². The Balaban J connectivity index is 3.31. The Hall–Kier alpha value is 0.140. The summed E-state index contributed by atoms with van der Waals surface area (Å²) in [6.45, 7) is 0. The number of thiol groups is 1. The van der Waals surface area contributed by atoms with Gasteiger partial charge in [0.1, 0.15) is 0 Å². The second-order valence-electron chi connectivity index (χ2n) is 1.82. The molecule has 1 nitrogen and oxygen atoms in total. The normalized spacial score (nSPS) is 9.90. The van der Waals surface area contributed by atoms with Gasteiger partial charge in [-0.2, -0.15) is 0 Å². The largest absolute Gasteiger partial charge is 0.397 e. The smallest absolute Gasteiger partial charge is 0.0658 e. The van der Waals surface area contributed by atoms with Crippen LogP contribution >= 0.6 is 40.2 Å². The Morgan fingerprint density at radius 1 is 1.50 bits per heavy atom. The van der Waals surface area contributed by atoms with Crippen LogP contribution in [0.3, 0.4) is 0 Å². The lowest BCUT2D eigenvalue weighted by atomic mass is 10.3. The van der Waals surface area contributed by atoms with Crippen LogP contribution in [0, 0.1) is 0 Å². The van der Waals surface area contributed by atoms with E-state index in [0.717, 1.165) is 4.47 Å². The molecule has 0 radical (unpaired) electrons. The third kappa shape index (κ3) is 1.59. The molecule has 0 aliphatic carbocycles. The average Bonchev–Trinajstić information content (AvgIpc) is 1.82. The maximum Gasteiger partial charge on any atom is 0.0658 e. The van der Waals surface area contributed by atoms with Gasteiger partial charge in [-0.25, -0.2) is 0 Å². The minimum Gasteiger partial charge on any atom is -0.397 e. The Labute approximate surface area is 78.1 Å². The SMILES string of the molecule is Nc1c(S)cc(Br)cc1Cl. The summed E-state index contributed by atoms with van der Waals surface area (Å²) in [7, 11) is 0. The lowest BCUT2D eigenvalue weighted by Gasteiger charge is -2.01. The topological polar surface area (TPSA) is 26.0 Å². The van der Waals surface area contributed by atoms with Gasteiger partial charge in [0.2, 0.25) is 0 Å². The molecule has 0 aromatic heterocycles. The average molecular weight is 239 g/mol. The van der Waals surface area contributed by atoms with E-state index in [1.54, 1.807) is 12.1 Å². The molecule has 0 amide bonds. The number of hydrogen-bond acceptors (Lipinski definition) is 2. The van der Waals surface area contributed by atoms with Crippen LogP contribution < -0.4 is 5.73 Å². The first-order valence-electron chi connectivity index (χ1n) is 2.54. The van der Waals surface area contributed by atoms with E-state index in [1.807, 2.05) is 0 Å². The van der Waals surface area contributed by atoms with Crippen molar-refractivity contribution in [3.8, 4) is 0 Å². The highest BCUT2D eigenvalue weighted by atomic mass is 79.9. The molecule has 0 fully saturated rings. The Kier molecular flexibility index (Phi) is 2.50. The highest BCUT2D eigenvalue weighted by Crippen LogP contribution is 2.29. The summed E-state index contributed by atoms with van der Waals surface area (Å²) < 4.78 is 0.886. The molecule has 4 heteroatoms. The first-order chi connectivity index (χ1) is 4.61. The second-order valence-corrected chi connectivity index (χ2v) is 3.63. The predicted molar refractivity (Wildman–Crippen MR) is 50.8 cm³/mol. The van der Waals surface area contributed by atoms with Crippen molar-refractivity contribution in [2.24, 2.45) is 0 Å². The van der Waals surface area contributed by atoms with Crippen LogP contribution in [0.5, 0.6) is 0 Å². The van der Waals surface area contributed by atoms with E-state index in [1.165, 1.54) is 0 Å². The summed E-state index contributed by atoms with van der Waals surface area (Å²) in [6.07, 6.45) is 0. The minimum atomic E-state index is 0.521. The van der Waals surface area contributed by atoms with E-state index in [4.69, 9.17) is 17.3 Å². The van der Waals surface area contributed by atoms with Crippen molar-refractivity contribution in [1.82, 2.24) is 0 Å². The quantitative estimate of drug-likeness (QED) is 0.527. The van der Waals surface area contributed by atoms with Crippen LogP contribution in [0.15, 0.2) is 21.5 Å². The van der Waals surface area contributed by atoms with Gasteiger partial charge in [0.25, 0.3) is 0 Å². The summed E-state index contributed by atoms with van der Waals surface area (Å²) in [6, 6.07) is 3.53. The Morgan fingerprint density at radius 3 is 2.60 bits per heavy atom. The van der Waals surface area contributed by atoms with Crippen LogP contribution in [-0.4, -0.2) is 0 Å². The number of anilines is 1. The van der Waals surface area contributed by atoms with Gasteiger partial charge in [-0.05, 0) is 12.1 Å². The molecule has 0 saturated heterocycles. The predicted octanol–water partition coefficient (Wildman–Crippen LogP) is 2.97. The van der Waals surface area contributed by atoms with E-state index in [2.05, 4.69) is 28.6 Å². The van der Waals surface area contributed by atoms with Crippen molar-refractivity contribution in [2.75, 3.05) is 5.73 Å². The summed E-state index contributed by atoms with van der Waals surface area (Å²) in [4.78, 5) is 0.694. The van der Waals surface area contributed by atoms with Crippen molar-refractivity contribution in [3.63, 3.8) is 0 Å². The van der Waals surface area contributed by atoms with Crippen molar-refractivity contribution in [2.45, 2.75) is 4.90 Å². The third-order valence-corrected chi connectivity index (χ3v) is 2.21. The summed E-state index contributed by atoms with van der Waals surface area (Å²) in [5, 5.41) is 0.527. The van der Waals surface area contributed by atoms with Crippen molar-refractivity contribution < 1.29 is 0 Å². The van der Waals surface area contributed by atoms with Gasteiger partial charge in [-0.1, -0.05) is 27.5 Å². The number of nitrogens with two attached hydrogens (primary N) is 1. The molecule has 2 N–H and O–H groups in total. The van der Waals surface area contributed by atoms with Crippen molar-refractivity contribution >= 4 is 45.8 Å². The monoisotopic (exact) mass is 237 g/mol. The Morgan fingerprint density at radius 2 is 2.10 bits per heavy atom. The van der Waals surface area contributed by atoms with Gasteiger partial charge in [0.15, 0.2) is 0 Å². The maximum atomic E-state index is 5.72. The number of rotatable bonds is 0. The molecular weight excluding hydrogens is 233 g/mol. The molecule has 1 aromatic rings. The lowest BCUT2D eigenvalue weighted by molar-refractivity contribution is 1.45. The first kappa shape index (κ1) is 8.24. The van der Waals surface area contributed by atoms with Gasteiger partial charge in [0, 0.05) is 9.37 Å². The van der Waals surface area contributed by atoms with Gasteiger partial charge >= 0.3 is 0 Å². The number of nitrogen functional groups attached to an aromatic ring is 1. The van der Waals surface area contributed by atoms with E-state index in [9.17, 15) is 0 Å². The molecule has 10 heavy (non-hydrogen) atoms. The second kappa shape index (κ2) is 3.03. The van der Waals surface area contributed by atoms with Crippen LogP contribution in [-0.2, 0) is 0 Å². The zero-order valence-corrected chi connectivity index (χ0v) is 8.17. The molecule has 0 atom stereocenters. The van der Waals surface area contributed by atoms with E-state index < -0.39 is 0 Å². The molecule has 0 unspecified atom stereocenters. The highest BCUT2D eigenvalue weighted by Gasteiger charge is 2.00. The summed E-state index contributed by atoms with van der Waals surface area (Å²) >= 11 is 13.1. The number of halogens is 2. The summed E-state index contributed by atoms with van der Waals surface area (Å²) in [5.74, 6) is 0. The van der Waals surface area contributed by atoms with Crippen LogP contribution in [0.2, 0.25) is 5.02 Å². The fourth-order valence-electron chi connectivity index (χ4n) is 0.571. The van der Waals surface area contributed by atoms with Gasteiger partial charge in [-0.3, -0.25) is 0 Å². The van der Waals surface area contributed by atoms with E-state index >= 15 is 0 Å². The first-order valence-corrected chi connectivity index (χ1v) is 4.16. The maximum absolute atomic E-state index is 5.72. The zero-order valence-electron chi connectivity index (χ0n) is 4.94. The molecule has 0 heterocycles. The fourth-order valence-corrected chi connectivity index (χ4v) is 1.88. The van der Waals surface area contributed by atoms with Gasteiger partial charge in [0.05, 0.1) is 10.7 Å².